The molecule has 0 spiro atoms. The molecule has 2 aromatic rings. The molecular formula is C22H30N4OS. The molecule has 0 bridgehead atoms. The third-order valence-corrected chi connectivity index (χ3v) is 7.24. The van der Waals surface area contributed by atoms with Gasteiger partial charge in [-0.05, 0) is 55.6 Å². The van der Waals surface area contributed by atoms with Crippen molar-refractivity contribution in [2.24, 2.45) is 11.7 Å². The highest BCUT2D eigenvalue weighted by Crippen LogP contribution is 2.38. The van der Waals surface area contributed by atoms with Gasteiger partial charge in [0, 0.05) is 23.5 Å². The molecule has 3 unspecified atom stereocenters. The van der Waals surface area contributed by atoms with Crippen molar-refractivity contribution < 1.29 is 4.79 Å². The third kappa shape index (κ3) is 4.44. The first-order valence-corrected chi connectivity index (χ1v) is 11.4. The van der Waals surface area contributed by atoms with E-state index in [4.69, 9.17) is 5.73 Å². The molecule has 0 saturated heterocycles. The van der Waals surface area contributed by atoms with Gasteiger partial charge in [0.2, 0.25) is 0 Å². The summed E-state index contributed by atoms with van der Waals surface area (Å²) in [7, 11) is 0. The summed E-state index contributed by atoms with van der Waals surface area (Å²) in [6.07, 6.45) is 13.0. The fourth-order valence-corrected chi connectivity index (χ4v) is 5.86. The number of pyridine rings is 1. The molecule has 150 valence electrons. The van der Waals surface area contributed by atoms with Gasteiger partial charge in [0.25, 0.3) is 5.91 Å². The highest BCUT2D eigenvalue weighted by molar-refractivity contribution is 7.09. The zero-order valence-electron chi connectivity index (χ0n) is 16.6. The van der Waals surface area contributed by atoms with Crippen LogP contribution >= 0.6 is 11.3 Å². The SMILES string of the molecule is CC1CC(N)CC(c2ccncc2NC(=O)c2csc(C3CCCCC3)n2)C1. The van der Waals surface area contributed by atoms with Gasteiger partial charge in [0.05, 0.1) is 16.9 Å². The minimum atomic E-state index is -0.138. The molecule has 1 amide bonds. The van der Waals surface area contributed by atoms with Crippen molar-refractivity contribution in [3.05, 3.63) is 40.1 Å². The van der Waals surface area contributed by atoms with Crippen LogP contribution in [0, 0.1) is 5.92 Å². The summed E-state index contributed by atoms with van der Waals surface area (Å²) >= 11 is 1.62. The third-order valence-electron chi connectivity index (χ3n) is 6.23. The topological polar surface area (TPSA) is 80.9 Å². The van der Waals surface area contributed by atoms with Crippen LogP contribution in [0.15, 0.2) is 23.8 Å². The first-order valence-electron chi connectivity index (χ1n) is 10.6. The highest BCUT2D eigenvalue weighted by Gasteiger charge is 2.28. The molecule has 0 aromatic carbocycles. The molecule has 5 nitrogen and oxygen atoms in total. The minimum absolute atomic E-state index is 0.138. The Morgan fingerprint density at radius 3 is 2.79 bits per heavy atom. The summed E-state index contributed by atoms with van der Waals surface area (Å²) in [5.41, 5.74) is 8.72. The summed E-state index contributed by atoms with van der Waals surface area (Å²) in [4.78, 5) is 21.8. The van der Waals surface area contributed by atoms with Crippen molar-refractivity contribution in [1.82, 2.24) is 9.97 Å². The second kappa shape index (κ2) is 8.70. The van der Waals surface area contributed by atoms with E-state index in [-0.39, 0.29) is 11.9 Å². The second-order valence-electron chi connectivity index (χ2n) is 8.59. The summed E-state index contributed by atoms with van der Waals surface area (Å²) in [6, 6.07) is 2.25. The number of hydrogen-bond acceptors (Lipinski definition) is 5. The number of anilines is 1. The van der Waals surface area contributed by atoms with Crippen LogP contribution in [0.2, 0.25) is 0 Å². The largest absolute Gasteiger partial charge is 0.328 e. The van der Waals surface area contributed by atoms with Gasteiger partial charge in [-0.3, -0.25) is 9.78 Å². The molecule has 3 N–H and O–H groups in total. The Balaban J connectivity index is 1.48. The summed E-state index contributed by atoms with van der Waals surface area (Å²) in [6.45, 7) is 2.26. The van der Waals surface area contributed by atoms with E-state index in [9.17, 15) is 4.79 Å². The molecular weight excluding hydrogens is 368 g/mol. The van der Waals surface area contributed by atoms with Crippen LogP contribution in [0.3, 0.4) is 0 Å². The molecule has 4 rings (SSSR count). The first kappa shape index (κ1) is 19.5. The number of nitrogens with two attached hydrogens (primary N) is 1. The Morgan fingerprint density at radius 2 is 2.00 bits per heavy atom. The molecule has 2 aliphatic rings. The Hall–Kier alpha value is -1.79. The first-order chi connectivity index (χ1) is 13.6. The van der Waals surface area contributed by atoms with E-state index in [0.29, 0.717) is 23.4 Å². The van der Waals surface area contributed by atoms with Gasteiger partial charge in [-0.15, -0.1) is 11.3 Å². The molecule has 2 saturated carbocycles. The van der Waals surface area contributed by atoms with Gasteiger partial charge in [-0.2, -0.15) is 0 Å². The number of nitrogens with one attached hydrogen (secondary N) is 1. The molecule has 28 heavy (non-hydrogen) atoms. The predicted molar refractivity (Wildman–Crippen MR) is 114 cm³/mol. The summed E-state index contributed by atoms with van der Waals surface area (Å²) < 4.78 is 0. The average molecular weight is 399 g/mol. The average Bonchev–Trinajstić information content (AvgIpc) is 3.19. The van der Waals surface area contributed by atoms with E-state index >= 15 is 0 Å². The smallest absolute Gasteiger partial charge is 0.275 e. The molecule has 0 aliphatic heterocycles. The predicted octanol–water partition coefficient (Wildman–Crippen LogP) is 5.07. The Kier molecular flexibility index (Phi) is 6.07. The van der Waals surface area contributed by atoms with Crippen LogP contribution in [-0.4, -0.2) is 21.9 Å². The van der Waals surface area contributed by atoms with Gasteiger partial charge in [0.15, 0.2) is 0 Å². The van der Waals surface area contributed by atoms with Crippen molar-refractivity contribution in [1.29, 1.82) is 0 Å². The van der Waals surface area contributed by atoms with Crippen LogP contribution < -0.4 is 11.1 Å². The van der Waals surface area contributed by atoms with Crippen molar-refractivity contribution in [3.63, 3.8) is 0 Å². The normalized spacial score (nSPS) is 26.1. The molecule has 2 fully saturated rings. The summed E-state index contributed by atoms with van der Waals surface area (Å²) in [5, 5.41) is 6.08. The van der Waals surface area contributed by atoms with Crippen LogP contribution in [0.1, 0.15) is 91.2 Å². The van der Waals surface area contributed by atoms with Crippen LogP contribution in [0.5, 0.6) is 0 Å². The number of aromatic nitrogens is 2. The summed E-state index contributed by atoms with van der Waals surface area (Å²) in [5.74, 6) is 1.35. The lowest BCUT2D eigenvalue weighted by Gasteiger charge is -2.32. The Morgan fingerprint density at radius 1 is 1.18 bits per heavy atom. The molecule has 3 atom stereocenters. The molecule has 6 heteroatoms. The van der Waals surface area contributed by atoms with Gasteiger partial charge < -0.3 is 11.1 Å². The molecule has 0 radical (unpaired) electrons. The van der Waals surface area contributed by atoms with E-state index in [1.165, 1.54) is 32.1 Å². The quantitative estimate of drug-likeness (QED) is 0.753. The molecule has 2 aromatic heterocycles. The van der Waals surface area contributed by atoms with Gasteiger partial charge in [0.1, 0.15) is 5.69 Å². The number of carbonyl (C=O) groups is 1. The zero-order chi connectivity index (χ0) is 19.5. The van der Waals surface area contributed by atoms with Crippen LogP contribution in [0.25, 0.3) is 0 Å². The minimum Gasteiger partial charge on any atom is -0.328 e. The van der Waals surface area contributed by atoms with E-state index in [0.717, 1.165) is 35.5 Å². The Labute approximate surface area is 171 Å². The monoisotopic (exact) mass is 398 g/mol. The lowest BCUT2D eigenvalue weighted by atomic mass is 9.76. The number of nitrogens with zero attached hydrogens (tertiary/aromatic N) is 2. The standard InChI is InChI=1S/C22H30N4OS/c1-14-9-16(11-17(23)10-14)18-7-8-24-12-19(18)25-21(27)20-13-28-22(26-20)15-5-3-2-4-6-15/h7-8,12-17H,2-6,9-11,23H2,1H3,(H,25,27). The van der Waals surface area contributed by atoms with E-state index in [2.05, 4.69) is 22.2 Å². The maximum absolute atomic E-state index is 12.9. The van der Waals surface area contributed by atoms with Gasteiger partial charge >= 0.3 is 0 Å². The van der Waals surface area contributed by atoms with Crippen LogP contribution in [-0.2, 0) is 0 Å². The van der Waals surface area contributed by atoms with E-state index < -0.39 is 0 Å². The lowest BCUT2D eigenvalue weighted by Crippen LogP contribution is -2.31. The fourth-order valence-electron chi connectivity index (χ4n) is 4.89. The van der Waals surface area contributed by atoms with Gasteiger partial charge in [-0.1, -0.05) is 26.2 Å². The number of rotatable bonds is 4. The van der Waals surface area contributed by atoms with E-state index in [1.807, 2.05) is 11.4 Å². The maximum atomic E-state index is 12.9. The number of thiazole rings is 1. The van der Waals surface area contributed by atoms with Gasteiger partial charge in [-0.25, -0.2) is 4.98 Å². The number of amides is 1. The lowest BCUT2D eigenvalue weighted by molar-refractivity contribution is 0.102. The molecule has 2 heterocycles. The maximum Gasteiger partial charge on any atom is 0.275 e. The number of hydrogen-bond donors (Lipinski definition) is 2. The van der Waals surface area contributed by atoms with Crippen molar-refractivity contribution in [2.75, 3.05) is 5.32 Å². The van der Waals surface area contributed by atoms with Crippen molar-refractivity contribution in [3.8, 4) is 0 Å². The second-order valence-corrected chi connectivity index (χ2v) is 9.48. The van der Waals surface area contributed by atoms with Crippen molar-refractivity contribution >= 4 is 22.9 Å². The van der Waals surface area contributed by atoms with E-state index in [1.54, 1.807) is 23.7 Å². The van der Waals surface area contributed by atoms with Crippen LogP contribution in [0.4, 0.5) is 5.69 Å². The number of carbonyl (C=O) groups excluding carboxylic acids is 1. The Bertz CT molecular complexity index is 804. The zero-order valence-corrected chi connectivity index (χ0v) is 17.4. The fraction of sp³-hybridized carbons (Fsp3) is 0.591. The van der Waals surface area contributed by atoms with Crippen molar-refractivity contribution in [2.45, 2.75) is 76.2 Å². The highest BCUT2D eigenvalue weighted by atomic mass is 32.1. The molecule has 2 aliphatic carbocycles.